The number of hydrogen-bond donors (Lipinski definition) is 2. The highest BCUT2D eigenvalue weighted by atomic mass is 16.5. The summed E-state index contributed by atoms with van der Waals surface area (Å²) >= 11 is 0. The van der Waals surface area contributed by atoms with Crippen LogP contribution in [0.15, 0.2) is 78.9 Å². The molecule has 0 saturated carbocycles. The van der Waals surface area contributed by atoms with Gasteiger partial charge in [0.15, 0.2) is 6.61 Å². The molecule has 0 bridgehead atoms. The summed E-state index contributed by atoms with van der Waals surface area (Å²) in [4.78, 5) is 10.7. The predicted octanol–water partition coefficient (Wildman–Crippen LogP) is 3.51. The lowest BCUT2D eigenvalue weighted by atomic mass is 10.0. The molecule has 0 unspecified atom stereocenters. The molecule has 0 aliphatic heterocycles. The van der Waals surface area contributed by atoms with Crippen LogP contribution in [0.2, 0.25) is 0 Å². The molecular weight excluding hydrogens is 324 g/mol. The molecule has 3 rings (SSSR count). The third kappa shape index (κ3) is 5.19. The Bertz CT molecular complexity index is 828. The summed E-state index contributed by atoms with van der Waals surface area (Å²) in [7, 11) is 0. The number of rotatable bonds is 8. The van der Waals surface area contributed by atoms with E-state index in [2.05, 4.69) is 53.8 Å². The topological polar surface area (TPSA) is 64.4 Å². The number of nitrogens with two attached hydrogens (primary N) is 1. The highest BCUT2D eigenvalue weighted by Gasteiger charge is 2.00. The fraction of sp³-hybridized carbons (Fsp3) is 0.136. The van der Waals surface area contributed by atoms with Gasteiger partial charge in [0.25, 0.3) is 5.91 Å². The fourth-order valence-electron chi connectivity index (χ4n) is 2.65. The van der Waals surface area contributed by atoms with Crippen LogP contribution in [0.4, 0.5) is 0 Å². The van der Waals surface area contributed by atoms with E-state index < -0.39 is 5.91 Å². The molecule has 0 aromatic heterocycles. The fourth-order valence-corrected chi connectivity index (χ4v) is 2.65. The Hall–Kier alpha value is -3.11. The molecule has 0 aliphatic rings. The van der Waals surface area contributed by atoms with Crippen LogP contribution >= 0.6 is 0 Å². The van der Waals surface area contributed by atoms with Gasteiger partial charge in [0.1, 0.15) is 5.75 Å². The molecule has 0 radical (unpaired) electrons. The van der Waals surface area contributed by atoms with Crippen LogP contribution < -0.4 is 15.8 Å². The minimum absolute atomic E-state index is 0.101. The maximum Gasteiger partial charge on any atom is 0.255 e. The van der Waals surface area contributed by atoms with Gasteiger partial charge in [-0.1, -0.05) is 66.7 Å². The normalized spacial score (nSPS) is 10.5. The predicted molar refractivity (Wildman–Crippen MR) is 104 cm³/mol. The maximum absolute atomic E-state index is 10.7. The molecule has 0 fully saturated rings. The molecule has 3 aromatic rings. The third-order valence-electron chi connectivity index (χ3n) is 4.02. The van der Waals surface area contributed by atoms with E-state index in [-0.39, 0.29) is 6.61 Å². The van der Waals surface area contributed by atoms with Gasteiger partial charge < -0.3 is 15.8 Å². The summed E-state index contributed by atoms with van der Waals surface area (Å²) in [6, 6.07) is 26.6. The second-order valence-electron chi connectivity index (χ2n) is 6.07. The molecule has 3 aromatic carbocycles. The lowest BCUT2D eigenvalue weighted by molar-refractivity contribution is -0.119. The van der Waals surface area contributed by atoms with E-state index in [1.54, 1.807) is 0 Å². The minimum Gasteiger partial charge on any atom is -0.484 e. The number of hydrogen-bond acceptors (Lipinski definition) is 3. The average Bonchev–Trinajstić information content (AvgIpc) is 2.68. The second kappa shape index (κ2) is 8.83. The van der Waals surface area contributed by atoms with Crippen molar-refractivity contribution in [2.45, 2.75) is 13.1 Å². The van der Waals surface area contributed by atoms with Crippen molar-refractivity contribution in [1.82, 2.24) is 5.32 Å². The smallest absolute Gasteiger partial charge is 0.255 e. The minimum atomic E-state index is -0.478. The molecule has 0 atom stereocenters. The number of primary amides is 1. The first kappa shape index (κ1) is 17.7. The summed E-state index contributed by atoms with van der Waals surface area (Å²) in [5.41, 5.74) is 9.90. The van der Waals surface area contributed by atoms with Crippen molar-refractivity contribution < 1.29 is 9.53 Å². The van der Waals surface area contributed by atoms with Gasteiger partial charge in [-0.05, 0) is 34.4 Å². The number of carbonyl (C=O) groups is 1. The number of amides is 1. The van der Waals surface area contributed by atoms with E-state index in [0.717, 1.165) is 18.7 Å². The number of nitrogens with one attached hydrogen (secondary N) is 1. The van der Waals surface area contributed by atoms with E-state index in [0.29, 0.717) is 5.75 Å². The summed E-state index contributed by atoms with van der Waals surface area (Å²) in [6.07, 6.45) is 0. The first-order chi connectivity index (χ1) is 12.7. The molecule has 3 N–H and O–H groups in total. The lowest BCUT2D eigenvalue weighted by Gasteiger charge is -2.08. The molecule has 132 valence electrons. The Balaban J connectivity index is 1.48. The molecule has 4 nitrogen and oxygen atoms in total. The zero-order chi connectivity index (χ0) is 18.2. The number of ether oxygens (including phenoxy) is 1. The Morgan fingerprint density at radius 1 is 0.769 bits per heavy atom. The Morgan fingerprint density at radius 3 is 1.88 bits per heavy atom. The second-order valence-corrected chi connectivity index (χ2v) is 6.07. The molecule has 0 heterocycles. The molecule has 1 amide bonds. The lowest BCUT2D eigenvalue weighted by Crippen LogP contribution is -2.20. The van der Waals surface area contributed by atoms with E-state index in [4.69, 9.17) is 10.5 Å². The zero-order valence-corrected chi connectivity index (χ0v) is 14.5. The molecule has 0 aliphatic carbocycles. The van der Waals surface area contributed by atoms with Gasteiger partial charge in [-0.3, -0.25) is 4.79 Å². The van der Waals surface area contributed by atoms with Gasteiger partial charge in [0, 0.05) is 13.1 Å². The quantitative estimate of drug-likeness (QED) is 0.656. The molecule has 26 heavy (non-hydrogen) atoms. The van der Waals surface area contributed by atoms with Crippen molar-refractivity contribution in [1.29, 1.82) is 0 Å². The van der Waals surface area contributed by atoms with Crippen LogP contribution in [0.25, 0.3) is 11.1 Å². The highest BCUT2D eigenvalue weighted by molar-refractivity contribution is 5.75. The molecular formula is C22H22N2O2. The average molecular weight is 346 g/mol. The van der Waals surface area contributed by atoms with Crippen LogP contribution in [0.3, 0.4) is 0 Å². The van der Waals surface area contributed by atoms with Crippen LogP contribution in [0, 0.1) is 0 Å². The van der Waals surface area contributed by atoms with Crippen molar-refractivity contribution in [3.05, 3.63) is 90.0 Å². The third-order valence-corrected chi connectivity index (χ3v) is 4.02. The summed E-state index contributed by atoms with van der Waals surface area (Å²) in [6.45, 7) is 1.46. The largest absolute Gasteiger partial charge is 0.484 e. The highest BCUT2D eigenvalue weighted by Crippen LogP contribution is 2.19. The van der Waals surface area contributed by atoms with Crippen molar-refractivity contribution in [3.8, 4) is 16.9 Å². The summed E-state index contributed by atoms with van der Waals surface area (Å²) in [5, 5.41) is 3.43. The molecule has 4 heteroatoms. The van der Waals surface area contributed by atoms with E-state index in [9.17, 15) is 4.79 Å². The first-order valence-electron chi connectivity index (χ1n) is 8.56. The van der Waals surface area contributed by atoms with Crippen LogP contribution in [0.5, 0.6) is 5.75 Å². The van der Waals surface area contributed by atoms with Crippen molar-refractivity contribution >= 4 is 5.91 Å². The van der Waals surface area contributed by atoms with Crippen LogP contribution in [0.1, 0.15) is 11.1 Å². The van der Waals surface area contributed by atoms with Crippen molar-refractivity contribution in [3.63, 3.8) is 0 Å². The van der Waals surface area contributed by atoms with E-state index >= 15 is 0 Å². The molecule has 0 spiro atoms. The summed E-state index contributed by atoms with van der Waals surface area (Å²) < 4.78 is 5.25. The van der Waals surface area contributed by atoms with Gasteiger partial charge in [0.05, 0.1) is 0 Å². The Morgan fingerprint density at radius 2 is 1.31 bits per heavy atom. The molecule has 0 saturated heterocycles. The summed E-state index contributed by atoms with van der Waals surface area (Å²) in [5.74, 6) is 0.165. The Kier molecular flexibility index (Phi) is 6.01. The Labute approximate surface area is 153 Å². The monoisotopic (exact) mass is 346 g/mol. The van der Waals surface area contributed by atoms with E-state index in [1.165, 1.54) is 16.7 Å². The first-order valence-corrected chi connectivity index (χ1v) is 8.56. The van der Waals surface area contributed by atoms with Gasteiger partial charge >= 0.3 is 0 Å². The van der Waals surface area contributed by atoms with Gasteiger partial charge in [-0.25, -0.2) is 0 Å². The number of benzene rings is 3. The van der Waals surface area contributed by atoms with E-state index in [1.807, 2.05) is 30.3 Å². The van der Waals surface area contributed by atoms with Crippen LogP contribution in [-0.2, 0) is 17.9 Å². The standard InChI is InChI=1S/C22H22N2O2/c23-22(25)16-26-21-12-8-18(9-13-21)15-24-14-17-6-10-20(11-7-17)19-4-2-1-3-5-19/h1-13,24H,14-16H2,(H2,23,25). The maximum atomic E-state index is 10.7. The SMILES string of the molecule is NC(=O)COc1ccc(CNCc2ccc(-c3ccccc3)cc2)cc1. The number of carbonyl (C=O) groups excluding carboxylic acids is 1. The van der Waals surface area contributed by atoms with Crippen molar-refractivity contribution in [2.75, 3.05) is 6.61 Å². The zero-order valence-electron chi connectivity index (χ0n) is 14.5. The van der Waals surface area contributed by atoms with Crippen molar-refractivity contribution in [2.24, 2.45) is 5.73 Å². The van der Waals surface area contributed by atoms with Gasteiger partial charge in [-0.15, -0.1) is 0 Å². The van der Waals surface area contributed by atoms with Gasteiger partial charge in [-0.2, -0.15) is 0 Å². The van der Waals surface area contributed by atoms with Gasteiger partial charge in [0.2, 0.25) is 0 Å². The van der Waals surface area contributed by atoms with Crippen LogP contribution in [-0.4, -0.2) is 12.5 Å².